The lowest BCUT2D eigenvalue weighted by Gasteiger charge is -2.41. The monoisotopic (exact) mass is 362 g/mol. The van der Waals surface area contributed by atoms with Gasteiger partial charge in [0.25, 0.3) is 0 Å². The number of rotatable bonds is 4. The maximum absolute atomic E-state index is 14.0. The maximum atomic E-state index is 14.0. The summed E-state index contributed by atoms with van der Waals surface area (Å²) in [7, 11) is 0. The molecule has 0 radical (unpaired) electrons. The standard InChI is InChI=1S/C24H27FN2/c1-3-27-14-12-24(13-15-27)11-10-19-16-21(9-8-20(19)17-24)26-18(2)22-6-4-5-7-23(22)25/h4-11,16,26H,2-3,12-15,17H2,1H3. The molecule has 1 saturated heterocycles. The molecule has 1 aliphatic heterocycles. The fraction of sp³-hybridized carbons (Fsp3) is 0.333. The van der Waals surface area contributed by atoms with Crippen molar-refractivity contribution < 1.29 is 4.39 Å². The zero-order chi connectivity index (χ0) is 18.9. The highest BCUT2D eigenvalue weighted by molar-refractivity contribution is 5.77. The number of nitrogens with one attached hydrogen (secondary N) is 1. The van der Waals surface area contributed by atoms with Gasteiger partial charge in [0.2, 0.25) is 0 Å². The van der Waals surface area contributed by atoms with E-state index in [4.69, 9.17) is 0 Å². The Labute approximate surface area is 161 Å². The molecule has 27 heavy (non-hydrogen) atoms. The smallest absolute Gasteiger partial charge is 0.132 e. The van der Waals surface area contributed by atoms with E-state index in [0.717, 1.165) is 18.7 Å². The number of benzene rings is 2. The molecule has 2 aliphatic rings. The van der Waals surface area contributed by atoms with Crippen molar-refractivity contribution >= 4 is 17.5 Å². The van der Waals surface area contributed by atoms with Gasteiger partial charge in [-0.2, -0.15) is 0 Å². The highest BCUT2D eigenvalue weighted by Gasteiger charge is 2.34. The minimum absolute atomic E-state index is 0.256. The summed E-state index contributed by atoms with van der Waals surface area (Å²) in [6.07, 6.45) is 8.29. The minimum Gasteiger partial charge on any atom is -0.355 e. The van der Waals surface area contributed by atoms with Gasteiger partial charge in [0.1, 0.15) is 5.82 Å². The summed E-state index contributed by atoms with van der Waals surface area (Å²) in [5.41, 5.74) is 5.02. The van der Waals surface area contributed by atoms with Gasteiger partial charge in [0, 0.05) is 16.9 Å². The summed E-state index contributed by atoms with van der Waals surface area (Å²) in [5, 5.41) is 3.26. The molecular formula is C24H27FN2. The number of anilines is 1. The molecule has 2 nitrogen and oxygen atoms in total. The molecule has 0 amide bonds. The average Bonchev–Trinajstić information content (AvgIpc) is 2.69. The van der Waals surface area contributed by atoms with Crippen LogP contribution in [0, 0.1) is 11.2 Å². The third-order valence-electron chi connectivity index (χ3n) is 6.10. The van der Waals surface area contributed by atoms with Crippen molar-refractivity contribution in [3.8, 4) is 0 Å². The number of hydrogen-bond acceptors (Lipinski definition) is 2. The largest absolute Gasteiger partial charge is 0.355 e. The molecule has 2 aromatic rings. The van der Waals surface area contributed by atoms with Gasteiger partial charge in [0.15, 0.2) is 0 Å². The molecule has 0 aromatic heterocycles. The predicted molar refractivity (Wildman–Crippen MR) is 112 cm³/mol. The number of fused-ring (bicyclic) bond motifs is 1. The third kappa shape index (κ3) is 3.70. The first kappa shape index (κ1) is 18.0. The first-order chi connectivity index (χ1) is 13.1. The van der Waals surface area contributed by atoms with Crippen LogP contribution in [0.3, 0.4) is 0 Å². The SMILES string of the molecule is C=C(Nc1ccc2c(c1)C=CC1(CCN(CC)CC1)C2)c1ccccc1F. The molecule has 0 atom stereocenters. The number of allylic oxidation sites excluding steroid dienone is 1. The van der Waals surface area contributed by atoms with Crippen LogP contribution in [-0.4, -0.2) is 24.5 Å². The second kappa shape index (κ2) is 7.32. The Kier molecular flexibility index (Phi) is 4.88. The maximum Gasteiger partial charge on any atom is 0.132 e. The summed E-state index contributed by atoms with van der Waals surface area (Å²) < 4.78 is 14.0. The fourth-order valence-electron chi connectivity index (χ4n) is 4.30. The van der Waals surface area contributed by atoms with E-state index in [1.54, 1.807) is 12.1 Å². The molecule has 0 bridgehead atoms. The van der Waals surface area contributed by atoms with Crippen molar-refractivity contribution in [2.75, 3.05) is 25.0 Å². The molecule has 1 N–H and O–H groups in total. The molecule has 0 unspecified atom stereocenters. The molecule has 2 aromatic carbocycles. The molecule has 1 fully saturated rings. The van der Waals surface area contributed by atoms with Crippen molar-refractivity contribution in [3.05, 3.63) is 77.6 Å². The molecule has 3 heteroatoms. The minimum atomic E-state index is -0.256. The van der Waals surface area contributed by atoms with E-state index in [1.807, 2.05) is 6.07 Å². The molecule has 1 spiro atoms. The fourth-order valence-corrected chi connectivity index (χ4v) is 4.30. The zero-order valence-electron chi connectivity index (χ0n) is 16.0. The van der Waals surface area contributed by atoms with Crippen LogP contribution in [0.5, 0.6) is 0 Å². The van der Waals surface area contributed by atoms with E-state index in [1.165, 1.54) is 43.1 Å². The van der Waals surface area contributed by atoms with Crippen molar-refractivity contribution in [2.45, 2.75) is 26.2 Å². The van der Waals surface area contributed by atoms with Crippen LogP contribution in [0.4, 0.5) is 10.1 Å². The highest BCUT2D eigenvalue weighted by atomic mass is 19.1. The van der Waals surface area contributed by atoms with E-state index in [9.17, 15) is 4.39 Å². The Bertz CT molecular complexity index is 876. The summed E-state index contributed by atoms with van der Waals surface area (Å²) in [4.78, 5) is 2.54. The number of likely N-dealkylation sites (tertiary alicyclic amines) is 1. The van der Waals surface area contributed by atoms with E-state index in [2.05, 4.69) is 54.1 Å². The van der Waals surface area contributed by atoms with Gasteiger partial charge in [-0.3, -0.25) is 0 Å². The molecule has 140 valence electrons. The normalized spacial score (nSPS) is 18.3. The van der Waals surface area contributed by atoms with Gasteiger partial charge >= 0.3 is 0 Å². The van der Waals surface area contributed by atoms with E-state index < -0.39 is 0 Å². The van der Waals surface area contributed by atoms with Gasteiger partial charge < -0.3 is 10.2 Å². The van der Waals surface area contributed by atoms with Gasteiger partial charge in [-0.15, -0.1) is 0 Å². The Morgan fingerprint density at radius 3 is 2.70 bits per heavy atom. The summed E-state index contributed by atoms with van der Waals surface area (Å²) in [5.74, 6) is -0.256. The number of piperidine rings is 1. The van der Waals surface area contributed by atoms with Gasteiger partial charge in [-0.05, 0) is 79.7 Å². The highest BCUT2D eigenvalue weighted by Crippen LogP contribution is 2.41. The predicted octanol–water partition coefficient (Wildman–Crippen LogP) is 5.58. The van der Waals surface area contributed by atoms with Crippen molar-refractivity contribution in [1.82, 2.24) is 4.90 Å². The molecular weight excluding hydrogens is 335 g/mol. The van der Waals surface area contributed by atoms with Crippen LogP contribution in [0.2, 0.25) is 0 Å². The second-order valence-electron chi connectivity index (χ2n) is 7.80. The first-order valence-corrected chi connectivity index (χ1v) is 9.84. The van der Waals surface area contributed by atoms with Crippen LogP contribution in [0.1, 0.15) is 36.5 Å². The van der Waals surface area contributed by atoms with Crippen LogP contribution in [-0.2, 0) is 6.42 Å². The third-order valence-corrected chi connectivity index (χ3v) is 6.10. The Hall–Kier alpha value is -2.39. The van der Waals surface area contributed by atoms with Crippen molar-refractivity contribution in [2.24, 2.45) is 5.41 Å². The van der Waals surface area contributed by atoms with Gasteiger partial charge in [-0.1, -0.05) is 43.9 Å². The van der Waals surface area contributed by atoms with Crippen molar-refractivity contribution in [3.63, 3.8) is 0 Å². The van der Waals surface area contributed by atoms with Crippen LogP contribution in [0.25, 0.3) is 11.8 Å². The van der Waals surface area contributed by atoms with E-state index >= 15 is 0 Å². The van der Waals surface area contributed by atoms with Crippen LogP contribution < -0.4 is 5.32 Å². The summed E-state index contributed by atoms with van der Waals surface area (Å²) in [6, 6.07) is 13.2. The lowest BCUT2D eigenvalue weighted by atomic mass is 9.70. The number of halogens is 1. The van der Waals surface area contributed by atoms with Crippen LogP contribution >= 0.6 is 0 Å². The molecule has 4 rings (SSSR count). The Morgan fingerprint density at radius 1 is 1.19 bits per heavy atom. The second-order valence-corrected chi connectivity index (χ2v) is 7.80. The van der Waals surface area contributed by atoms with Crippen molar-refractivity contribution in [1.29, 1.82) is 0 Å². The lowest BCUT2D eigenvalue weighted by Crippen LogP contribution is -2.40. The summed E-state index contributed by atoms with van der Waals surface area (Å²) in [6.45, 7) is 9.78. The van der Waals surface area contributed by atoms with E-state index in [0.29, 0.717) is 16.7 Å². The first-order valence-electron chi connectivity index (χ1n) is 9.84. The topological polar surface area (TPSA) is 15.3 Å². The zero-order valence-corrected chi connectivity index (χ0v) is 16.0. The Balaban J connectivity index is 1.49. The number of nitrogens with zero attached hydrogens (tertiary/aromatic N) is 1. The van der Waals surface area contributed by atoms with E-state index in [-0.39, 0.29) is 5.82 Å². The molecule has 1 aliphatic carbocycles. The Morgan fingerprint density at radius 2 is 1.96 bits per heavy atom. The molecule has 0 saturated carbocycles. The lowest BCUT2D eigenvalue weighted by molar-refractivity contribution is 0.144. The quantitative estimate of drug-likeness (QED) is 0.764. The number of hydrogen-bond donors (Lipinski definition) is 1. The van der Waals surface area contributed by atoms with Crippen LogP contribution in [0.15, 0.2) is 55.1 Å². The average molecular weight is 362 g/mol. The molecule has 1 heterocycles. The van der Waals surface area contributed by atoms with Gasteiger partial charge in [0.05, 0.1) is 0 Å². The van der Waals surface area contributed by atoms with Gasteiger partial charge in [-0.25, -0.2) is 4.39 Å². The summed E-state index contributed by atoms with van der Waals surface area (Å²) >= 11 is 0.